The smallest absolute Gasteiger partial charge is 0.137 e. The van der Waals surface area contributed by atoms with E-state index >= 15 is 0 Å². The molecule has 1 aromatic carbocycles. The van der Waals surface area contributed by atoms with E-state index in [-0.39, 0.29) is 5.82 Å². The second-order valence-corrected chi connectivity index (χ2v) is 3.17. The van der Waals surface area contributed by atoms with Crippen LogP contribution >= 0.6 is 0 Å². The summed E-state index contributed by atoms with van der Waals surface area (Å²) in [5.74, 6) is -0.233. The molecule has 0 atom stereocenters. The van der Waals surface area contributed by atoms with Crippen molar-refractivity contribution in [3.05, 3.63) is 48.4 Å². The number of benzene rings is 1. The fourth-order valence-electron chi connectivity index (χ4n) is 1.64. The number of halogens is 1. The first-order valence-electron chi connectivity index (χ1n) is 4.37. The van der Waals surface area contributed by atoms with E-state index in [1.807, 2.05) is 28.8 Å². The highest BCUT2D eigenvalue weighted by Gasteiger charge is 2.03. The molecule has 0 aliphatic rings. The molecule has 0 unspecified atom stereocenters. The predicted octanol–water partition coefficient (Wildman–Crippen LogP) is 2.63. The van der Waals surface area contributed by atoms with Gasteiger partial charge in [0, 0.05) is 12.3 Å². The van der Waals surface area contributed by atoms with Crippen molar-refractivity contribution in [2.24, 2.45) is 0 Å². The number of rotatable bonds is 0. The summed E-state index contributed by atoms with van der Waals surface area (Å²) in [5, 5.41) is 0. The molecule has 0 N–H and O–H groups in total. The summed E-state index contributed by atoms with van der Waals surface area (Å²) in [7, 11) is 0. The normalized spacial score (nSPS) is 11.2. The Bertz CT molecular complexity index is 613. The first kappa shape index (κ1) is 7.50. The van der Waals surface area contributed by atoms with Crippen LogP contribution in [0.4, 0.5) is 4.39 Å². The van der Waals surface area contributed by atoms with Crippen LogP contribution in [0.2, 0.25) is 0 Å². The Balaban J connectivity index is 2.58. The summed E-state index contributed by atoms with van der Waals surface area (Å²) >= 11 is 0. The Morgan fingerprint density at radius 1 is 1.14 bits per heavy atom. The van der Waals surface area contributed by atoms with Gasteiger partial charge in [0.1, 0.15) is 11.5 Å². The van der Waals surface area contributed by atoms with Gasteiger partial charge < -0.3 is 0 Å². The third kappa shape index (κ3) is 0.923. The lowest BCUT2D eigenvalue weighted by molar-refractivity contribution is 0.629. The minimum atomic E-state index is -0.233. The molecule has 3 aromatic rings. The van der Waals surface area contributed by atoms with Crippen LogP contribution in [0.1, 0.15) is 0 Å². The standard InChI is InChI=1S/C11H7FN2/c12-8-4-5-9-10(7-8)14-6-2-1-3-11(14)13-9/h1-7H. The SMILES string of the molecule is Fc1ccc2nc3ccccn3c2c1. The maximum Gasteiger partial charge on any atom is 0.137 e. The molecule has 0 aliphatic heterocycles. The van der Waals surface area contributed by atoms with Crippen LogP contribution in [-0.4, -0.2) is 9.38 Å². The molecule has 0 spiro atoms. The Morgan fingerprint density at radius 3 is 3.00 bits per heavy atom. The van der Waals surface area contributed by atoms with Crippen LogP contribution in [0.25, 0.3) is 16.7 Å². The summed E-state index contributed by atoms with van der Waals surface area (Å²) in [4.78, 5) is 4.35. The molecular weight excluding hydrogens is 179 g/mol. The van der Waals surface area contributed by atoms with Gasteiger partial charge in [-0.15, -0.1) is 0 Å². The third-order valence-electron chi connectivity index (χ3n) is 2.27. The average Bonchev–Trinajstić information content (AvgIpc) is 2.56. The van der Waals surface area contributed by atoms with E-state index in [9.17, 15) is 4.39 Å². The zero-order chi connectivity index (χ0) is 9.54. The first-order valence-corrected chi connectivity index (χ1v) is 4.37. The molecule has 0 bridgehead atoms. The molecule has 0 aliphatic carbocycles. The van der Waals surface area contributed by atoms with Gasteiger partial charge in [-0.25, -0.2) is 9.37 Å². The Hall–Kier alpha value is -1.90. The summed E-state index contributed by atoms with van der Waals surface area (Å²) in [6.45, 7) is 0. The van der Waals surface area contributed by atoms with Crippen LogP contribution in [0.15, 0.2) is 42.6 Å². The minimum Gasteiger partial charge on any atom is -0.300 e. The van der Waals surface area contributed by atoms with Crippen LogP contribution in [-0.2, 0) is 0 Å². The van der Waals surface area contributed by atoms with Crippen molar-refractivity contribution < 1.29 is 4.39 Å². The summed E-state index contributed by atoms with van der Waals surface area (Å²) in [6, 6.07) is 10.3. The molecule has 2 aromatic heterocycles. The molecule has 0 radical (unpaired) electrons. The van der Waals surface area contributed by atoms with Gasteiger partial charge in [0.15, 0.2) is 0 Å². The van der Waals surface area contributed by atoms with Crippen LogP contribution in [0.5, 0.6) is 0 Å². The van der Waals surface area contributed by atoms with E-state index in [4.69, 9.17) is 0 Å². The lowest BCUT2D eigenvalue weighted by Crippen LogP contribution is -1.82. The minimum absolute atomic E-state index is 0.233. The van der Waals surface area contributed by atoms with Crippen LogP contribution < -0.4 is 0 Å². The van der Waals surface area contributed by atoms with Crippen molar-refractivity contribution in [3.8, 4) is 0 Å². The summed E-state index contributed by atoms with van der Waals surface area (Å²) < 4.78 is 14.9. The van der Waals surface area contributed by atoms with Crippen molar-refractivity contribution in [3.63, 3.8) is 0 Å². The largest absolute Gasteiger partial charge is 0.300 e. The molecule has 0 saturated heterocycles. The molecule has 0 amide bonds. The second kappa shape index (κ2) is 2.54. The number of fused-ring (bicyclic) bond motifs is 3. The van der Waals surface area contributed by atoms with Crippen molar-refractivity contribution in [2.45, 2.75) is 0 Å². The molecule has 3 rings (SSSR count). The van der Waals surface area contributed by atoms with Gasteiger partial charge in [0.05, 0.1) is 11.0 Å². The Kier molecular flexibility index (Phi) is 1.36. The topological polar surface area (TPSA) is 17.3 Å². The van der Waals surface area contributed by atoms with E-state index in [2.05, 4.69) is 4.98 Å². The molecule has 0 saturated carbocycles. The number of aromatic nitrogens is 2. The number of nitrogens with zero attached hydrogens (tertiary/aromatic N) is 2. The van der Waals surface area contributed by atoms with Gasteiger partial charge in [-0.1, -0.05) is 6.07 Å². The van der Waals surface area contributed by atoms with Crippen LogP contribution in [0.3, 0.4) is 0 Å². The fourth-order valence-corrected chi connectivity index (χ4v) is 1.64. The number of hydrogen-bond acceptors (Lipinski definition) is 1. The monoisotopic (exact) mass is 186 g/mol. The molecule has 0 fully saturated rings. The maximum atomic E-state index is 13.0. The molecule has 3 heteroatoms. The van der Waals surface area contributed by atoms with E-state index in [0.717, 1.165) is 16.7 Å². The zero-order valence-electron chi connectivity index (χ0n) is 7.31. The fraction of sp³-hybridized carbons (Fsp3) is 0. The zero-order valence-corrected chi connectivity index (χ0v) is 7.31. The summed E-state index contributed by atoms with van der Waals surface area (Å²) in [5.41, 5.74) is 2.46. The van der Waals surface area contributed by atoms with Crippen molar-refractivity contribution in [1.82, 2.24) is 9.38 Å². The number of imidazole rings is 1. The number of hydrogen-bond donors (Lipinski definition) is 0. The lowest BCUT2D eigenvalue weighted by atomic mass is 10.3. The van der Waals surface area contributed by atoms with Gasteiger partial charge in [0.2, 0.25) is 0 Å². The highest BCUT2D eigenvalue weighted by Crippen LogP contribution is 2.16. The van der Waals surface area contributed by atoms with Crippen molar-refractivity contribution >= 4 is 16.7 Å². The van der Waals surface area contributed by atoms with Crippen molar-refractivity contribution in [2.75, 3.05) is 0 Å². The highest BCUT2D eigenvalue weighted by atomic mass is 19.1. The highest BCUT2D eigenvalue weighted by molar-refractivity contribution is 5.80. The molecule has 68 valence electrons. The lowest BCUT2D eigenvalue weighted by Gasteiger charge is -1.93. The molecule has 2 heterocycles. The van der Waals surface area contributed by atoms with Gasteiger partial charge in [-0.3, -0.25) is 4.40 Å². The number of pyridine rings is 1. The molecule has 2 nitrogen and oxygen atoms in total. The van der Waals surface area contributed by atoms with Crippen molar-refractivity contribution in [1.29, 1.82) is 0 Å². The van der Waals surface area contributed by atoms with E-state index in [1.54, 1.807) is 6.07 Å². The van der Waals surface area contributed by atoms with Gasteiger partial charge in [-0.05, 0) is 24.3 Å². The van der Waals surface area contributed by atoms with E-state index in [0.29, 0.717) is 0 Å². The Labute approximate surface area is 79.6 Å². The maximum absolute atomic E-state index is 13.0. The van der Waals surface area contributed by atoms with Gasteiger partial charge >= 0.3 is 0 Å². The van der Waals surface area contributed by atoms with Gasteiger partial charge in [0.25, 0.3) is 0 Å². The quantitative estimate of drug-likeness (QED) is 0.527. The average molecular weight is 186 g/mol. The molecule has 14 heavy (non-hydrogen) atoms. The summed E-state index contributed by atoms with van der Waals surface area (Å²) in [6.07, 6.45) is 1.88. The second-order valence-electron chi connectivity index (χ2n) is 3.17. The Morgan fingerprint density at radius 2 is 2.07 bits per heavy atom. The predicted molar refractivity (Wildman–Crippen MR) is 52.7 cm³/mol. The van der Waals surface area contributed by atoms with E-state index < -0.39 is 0 Å². The van der Waals surface area contributed by atoms with Gasteiger partial charge in [-0.2, -0.15) is 0 Å². The molecular formula is C11H7FN2. The third-order valence-corrected chi connectivity index (χ3v) is 2.27. The first-order chi connectivity index (χ1) is 6.84. The van der Waals surface area contributed by atoms with E-state index in [1.165, 1.54) is 12.1 Å². The van der Waals surface area contributed by atoms with Crippen LogP contribution in [0, 0.1) is 5.82 Å².